The van der Waals surface area contributed by atoms with Gasteiger partial charge in [-0.15, -0.1) is 0 Å². The lowest BCUT2D eigenvalue weighted by Crippen LogP contribution is -2.37. The van der Waals surface area contributed by atoms with Crippen LogP contribution in [-0.4, -0.2) is 41.3 Å². The summed E-state index contributed by atoms with van der Waals surface area (Å²) in [4.78, 5) is 16.0. The van der Waals surface area contributed by atoms with Crippen LogP contribution in [0.25, 0.3) is 0 Å². The molecule has 1 saturated heterocycles. The lowest BCUT2D eigenvalue weighted by atomic mass is 10.4. The minimum absolute atomic E-state index is 0.240. The Hall–Kier alpha value is -1.38. The molecule has 0 unspecified atom stereocenters. The number of hydrogen-bond donors (Lipinski definition) is 1. The van der Waals surface area contributed by atoms with Gasteiger partial charge in [-0.1, -0.05) is 22.0 Å². The molecule has 110 valence electrons. The first-order chi connectivity index (χ1) is 10.2. The number of ether oxygens (including phenoxy) is 1. The van der Waals surface area contributed by atoms with Gasteiger partial charge in [-0.25, -0.2) is 0 Å². The molecule has 0 amide bonds. The minimum atomic E-state index is 0.240. The monoisotopic (exact) mass is 367 g/mol. The largest absolute Gasteiger partial charge is 0.378 e. The molecular formula is C13H14BrN5OS. The van der Waals surface area contributed by atoms with Gasteiger partial charge in [-0.3, -0.25) is 0 Å². The summed E-state index contributed by atoms with van der Waals surface area (Å²) in [6.45, 7) is 2.90. The standard InChI is InChI=1S/C13H14BrN5OS/c14-9-2-1-3-10(8-9)21-13-17-11(15)16-12(18-13)19-4-6-20-7-5-19/h1-3,8H,4-7H2,(H2,15,16,17,18). The van der Waals surface area contributed by atoms with E-state index < -0.39 is 0 Å². The van der Waals surface area contributed by atoms with E-state index >= 15 is 0 Å². The van der Waals surface area contributed by atoms with E-state index in [9.17, 15) is 0 Å². The van der Waals surface area contributed by atoms with Gasteiger partial charge in [0, 0.05) is 22.5 Å². The van der Waals surface area contributed by atoms with E-state index in [0.717, 1.165) is 22.5 Å². The van der Waals surface area contributed by atoms with Crippen LogP contribution in [0.1, 0.15) is 0 Å². The highest BCUT2D eigenvalue weighted by Gasteiger charge is 2.16. The van der Waals surface area contributed by atoms with Gasteiger partial charge in [-0.05, 0) is 30.0 Å². The zero-order valence-electron chi connectivity index (χ0n) is 11.2. The Morgan fingerprint density at radius 2 is 2.00 bits per heavy atom. The van der Waals surface area contributed by atoms with Crippen LogP contribution < -0.4 is 10.6 Å². The third-order valence-corrected chi connectivity index (χ3v) is 4.27. The molecule has 3 rings (SSSR count). The Kier molecular flexibility index (Phi) is 4.57. The third kappa shape index (κ3) is 3.84. The molecule has 1 aliphatic rings. The molecule has 8 heteroatoms. The fourth-order valence-corrected chi connectivity index (χ4v) is 3.31. The molecule has 0 aliphatic carbocycles. The molecule has 2 aromatic rings. The molecule has 1 aromatic heterocycles. The number of aromatic nitrogens is 3. The number of morpholine rings is 1. The van der Waals surface area contributed by atoms with Gasteiger partial charge < -0.3 is 15.4 Å². The average Bonchev–Trinajstić information content (AvgIpc) is 2.47. The quantitative estimate of drug-likeness (QED) is 0.890. The summed E-state index contributed by atoms with van der Waals surface area (Å²) < 4.78 is 6.35. The van der Waals surface area contributed by atoms with Crippen molar-refractivity contribution >= 4 is 39.6 Å². The van der Waals surface area contributed by atoms with Gasteiger partial charge in [0.15, 0.2) is 5.16 Å². The molecule has 0 atom stereocenters. The summed E-state index contributed by atoms with van der Waals surface area (Å²) in [6, 6.07) is 7.97. The number of rotatable bonds is 3. The van der Waals surface area contributed by atoms with Gasteiger partial charge >= 0.3 is 0 Å². The normalized spacial score (nSPS) is 15.2. The number of nitrogens with two attached hydrogens (primary N) is 1. The lowest BCUT2D eigenvalue weighted by molar-refractivity contribution is 0.122. The molecule has 0 bridgehead atoms. The second-order valence-corrected chi connectivity index (χ2v) is 6.39. The Morgan fingerprint density at radius 1 is 1.19 bits per heavy atom. The first kappa shape index (κ1) is 14.6. The summed E-state index contributed by atoms with van der Waals surface area (Å²) in [7, 11) is 0. The van der Waals surface area contributed by atoms with Crippen molar-refractivity contribution in [1.29, 1.82) is 0 Å². The van der Waals surface area contributed by atoms with Gasteiger partial charge in [0.25, 0.3) is 0 Å². The summed E-state index contributed by atoms with van der Waals surface area (Å²) in [5.41, 5.74) is 5.81. The maximum absolute atomic E-state index is 5.81. The van der Waals surface area contributed by atoms with Crippen LogP contribution in [-0.2, 0) is 4.74 Å². The zero-order valence-corrected chi connectivity index (χ0v) is 13.6. The van der Waals surface area contributed by atoms with E-state index in [1.165, 1.54) is 11.8 Å². The maximum atomic E-state index is 5.81. The molecule has 0 saturated carbocycles. The van der Waals surface area contributed by atoms with Crippen LogP contribution in [0.15, 0.2) is 38.8 Å². The first-order valence-electron chi connectivity index (χ1n) is 6.48. The second kappa shape index (κ2) is 6.59. The van der Waals surface area contributed by atoms with E-state index in [1.807, 2.05) is 24.3 Å². The molecule has 1 aromatic carbocycles. The predicted molar refractivity (Wildman–Crippen MR) is 85.5 cm³/mol. The highest BCUT2D eigenvalue weighted by atomic mass is 79.9. The first-order valence-corrected chi connectivity index (χ1v) is 8.09. The van der Waals surface area contributed by atoms with E-state index in [4.69, 9.17) is 10.5 Å². The number of nitrogen functional groups attached to an aromatic ring is 1. The van der Waals surface area contributed by atoms with Gasteiger partial charge in [0.2, 0.25) is 11.9 Å². The summed E-state index contributed by atoms with van der Waals surface area (Å²) in [6.07, 6.45) is 0. The topological polar surface area (TPSA) is 77.2 Å². The van der Waals surface area contributed by atoms with Crippen molar-refractivity contribution in [3.05, 3.63) is 28.7 Å². The number of halogens is 1. The Morgan fingerprint density at radius 3 is 2.76 bits per heavy atom. The highest BCUT2D eigenvalue weighted by Crippen LogP contribution is 2.28. The average molecular weight is 368 g/mol. The number of nitrogens with zero attached hydrogens (tertiary/aromatic N) is 4. The van der Waals surface area contributed by atoms with Crippen LogP contribution in [0.4, 0.5) is 11.9 Å². The number of anilines is 2. The Labute approximate surface area is 135 Å². The lowest BCUT2D eigenvalue weighted by Gasteiger charge is -2.26. The van der Waals surface area contributed by atoms with Gasteiger partial charge in [0.1, 0.15) is 0 Å². The van der Waals surface area contributed by atoms with Crippen LogP contribution >= 0.6 is 27.7 Å². The van der Waals surface area contributed by atoms with Crippen LogP contribution in [0.2, 0.25) is 0 Å². The molecule has 0 radical (unpaired) electrons. The smallest absolute Gasteiger partial charge is 0.231 e. The second-order valence-electron chi connectivity index (χ2n) is 4.44. The SMILES string of the molecule is Nc1nc(Sc2cccc(Br)c2)nc(N2CCOCC2)n1. The zero-order chi connectivity index (χ0) is 14.7. The van der Waals surface area contributed by atoms with E-state index in [-0.39, 0.29) is 5.95 Å². The van der Waals surface area contributed by atoms with Crippen molar-refractivity contribution in [1.82, 2.24) is 15.0 Å². The highest BCUT2D eigenvalue weighted by molar-refractivity contribution is 9.10. The molecule has 21 heavy (non-hydrogen) atoms. The molecule has 2 heterocycles. The van der Waals surface area contributed by atoms with Crippen molar-refractivity contribution in [3.63, 3.8) is 0 Å². The predicted octanol–water partition coefficient (Wildman–Crippen LogP) is 2.20. The van der Waals surface area contributed by atoms with Crippen LogP contribution in [0, 0.1) is 0 Å². The van der Waals surface area contributed by atoms with E-state index in [2.05, 4.69) is 35.8 Å². The fourth-order valence-electron chi connectivity index (χ4n) is 1.95. The van der Waals surface area contributed by atoms with Crippen LogP contribution in [0.5, 0.6) is 0 Å². The fraction of sp³-hybridized carbons (Fsp3) is 0.308. The third-order valence-electron chi connectivity index (χ3n) is 2.92. The van der Waals surface area contributed by atoms with Crippen molar-refractivity contribution in [2.75, 3.05) is 36.9 Å². The summed E-state index contributed by atoms with van der Waals surface area (Å²) in [5.74, 6) is 0.854. The Balaban J connectivity index is 1.83. The van der Waals surface area contributed by atoms with E-state index in [1.54, 1.807) is 0 Å². The van der Waals surface area contributed by atoms with Gasteiger partial charge in [-0.2, -0.15) is 15.0 Å². The molecule has 1 fully saturated rings. The maximum Gasteiger partial charge on any atom is 0.231 e. The number of hydrogen-bond acceptors (Lipinski definition) is 7. The van der Waals surface area contributed by atoms with E-state index in [0.29, 0.717) is 24.3 Å². The number of benzene rings is 1. The molecule has 2 N–H and O–H groups in total. The van der Waals surface area contributed by atoms with Gasteiger partial charge in [0.05, 0.1) is 13.2 Å². The van der Waals surface area contributed by atoms with Crippen molar-refractivity contribution in [2.24, 2.45) is 0 Å². The summed E-state index contributed by atoms with van der Waals surface area (Å²) >= 11 is 4.92. The van der Waals surface area contributed by atoms with Crippen molar-refractivity contribution < 1.29 is 4.74 Å². The molecule has 0 spiro atoms. The molecule has 6 nitrogen and oxygen atoms in total. The Bertz CT molecular complexity index is 636. The minimum Gasteiger partial charge on any atom is -0.378 e. The van der Waals surface area contributed by atoms with Crippen molar-refractivity contribution in [3.8, 4) is 0 Å². The van der Waals surface area contributed by atoms with Crippen molar-refractivity contribution in [2.45, 2.75) is 10.1 Å². The van der Waals surface area contributed by atoms with Crippen LogP contribution in [0.3, 0.4) is 0 Å². The molecular weight excluding hydrogens is 354 g/mol. The molecule has 1 aliphatic heterocycles. The summed E-state index contributed by atoms with van der Waals surface area (Å²) in [5, 5.41) is 0.599.